The molecule has 1 aromatic carbocycles. The number of aromatic nitrogens is 1. The van der Waals surface area contributed by atoms with Gasteiger partial charge < -0.3 is 10.1 Å². The fourth-order valence-corrected chi connectivity index (χ4v) is 1.06. The van der Waals surface area contributed by atoms with Crippen molar-refractivity contribution in [3.05, 3.63) is 30.5 Å². The van der Waals surface area contributed by atoms with Gasteiger partial charge in [0.25, 0.3) is 0 Å². The van der Waals surface area contributed by atoms with Gasteiger partial charge in [0, 0.05) is 17.1 Å². The van der Waals surface area contributed by atoms with Crippen molar-refractivity contribution < 1.29 is 5.11 Å². The van der Waals surface area contributed by atoms with Crippen LogP contribution in [0.25, 0.3) is 10.9 Å². The third kappa shape index (κ3) is 1.17. The minimum atomic E-state index is 0. The molecule has 0 bridgehead atoms. The second-order valence-electron chi connectivity index (χ2n) is 2.22. The van der Waals surface area contributed by atoms with Crippen LogP contribution >= 0.6 is 12.4 Å². The van der Waals surface area contributed by atoms with Gasteiger partial charge in [0.05, 0.1) is 0 Å². The molecular weight excluding hydrogens is 162 g/mol. The lowest BCUT2D eigenvalue weighted by Crippen LogP contribution is -1.62. The number of halogens is 1. The fourth-order valence-electron chi connectivity index (χ4n) is 1.06. The molecule has 1 heterocycles. The van der Waals surface area contributed by atoms with E-state index >= 15 is 0 Å². The molecule has 58 valence electrons. The predicted molar refractivity (Wildman–Crippen MR) is 47.2 cm³/mol. The summed E-state index contributed by atoms with van der Waals surface area (Å²) in [4.78, 5) is 2.94. The van der Waals surface area contributed by atoms with Crippen LogP contribution in [0.4, 0.5) is 0 Å². The molecule has 2 nitrogen and oxygen atoms in total. The highest BCUT2D eigenvalue weighted by Crippen LogP contribution is 2.22. The van der Waals surface area contributed by atoms with Crippen LogP contribution < -0.4 is 0 Å². The van der Waals surface area contributed by atoms with E-state index in [1.54, 1.807) is 6.20 Å². The Morgan fingerprint density at radius 3 is 2.64 bits per heavy atom. The maximum absolute atomic E-state index is 9.18. The van der Waals surface area contributed by atoms with Crippen molar-refractivity contribution in [2.24, 2.45) is 0 Å². The van der Waals surface area contributed by atoms with Crippen molar-refractivity contribution in [2.75, 3.05) is 0 Å². The van der Waals surface area contributed by atoms with Crippen molar-refractivity contribution in [3.8, 4) is 5.75 Å². The second-order valence-corrected chi connectivity index (χ2v) is 2.22. The van der Waals surface area contributed by atoms with Gasteiger partial charge in [0.1, 0.15) is 5.75 Å². The van der Waals surface area contributed by atoms with E-state index in [0.29, 0.717) is 5.75 Å². The Bertz CT molecular complexity index is 356. The van der Waals surface area contributed by atoms with Gasteiger partial charge >= 0.3 is 0 Å². The lowest BCUT2D eigenvalue weighted by Gasteiger charge is -1.86. The number of fused-ring (bicyclic) bond motifs is 1. The number of H-pyrrole nitrogens is 1. The van der Waals surface area contributed by atoms with Gasteiger partial charge in [-0.1, -0.05) is 12.1 Å². The number of hydrogen-bond acceptors (Lipinski definition) is 1. The zero-order valence-electron chi connectivity index (χ0n) is 5.74. The maximum atomic E-state index is 9.18. The molecule has 0 saturated heterocycles. The van der Waals surface area contributed by atoms with Gasteiger partial charge in [-0.3, -0.25) is 0 Å². The lowest BCUT2D eigenvalue weighted by molar-refractivity contribution is 0.481. The number of para-hydroxylation sites is 1. The molecule has 0 fully saturated rings. The van der Waals surface area contributed by atoms with Gasteiger partial charge in [-0.15, -0.1) is 12.4 Å². The molecule has 0 saturated carbocycles. The Labute approximate surface area is 70.3 Å². The van der Waals surface area contributed by atoms with Crippen LogP contribution in [0.2, 0.25) is 0 Å². The fraction of sp³-hybridized carbons (Fsp3) is 0. The molecule has 0 unspecified atom stereocenters. The van der Waals surface area contributed by atoms with Gasteiger partial charge in [0.15, 0.2) is 0 Å². The van der Waals surface area contributed by atoms with E-state index in [4.69, 9.17) is 0 Å². The number of benzene rings is 1. The van der Waals surface area contributed by atoms with Crippen LogP contribution in [0.3, 0.4) is 0 Å². The molecule has 11 heavy (non-hydrogen) atoms. The van der Waals surface area contributed by atoms with E-state index < -0.39 is 0 Å². The van der Waals surface area contributed by atoms with Crippen LogP contribution in [0.15, 0.2) is 30.5 Å². The van der Waals surface area contributed by atoms with Gasteiger partial charge in [-0.25, -0.2) is 0 Å². The Morgan fingerprint density at radius 1 is 1.18 bits per heavy atom. The smallest absolute Gasteiger partial charge is 0.140 e. The minimum absolute atomic E-state index is 0. The number of nitrogens with one attached hydrogen (secondary N) is 1. The van der Waals surface area contributed by atoms with Crippen LogP contribution in [0.1, 0.15) is 0 Å². The zero-order chi connectivity index (χ0) is 6.97. The number of aromatic hydroxyl groups is 1. The average molecular weight is 170 g/mol. The first-order valence-electron chi connectivity index (χ1n) is 3.13. The summed E-state index contributed by atoms with van der Waals surface area (Å²) in [6, 6.07) is 7.63. The summed E-state index contributed by atoms with van der Waals surface area (Å²) in [6.07, 6.45) is 1.59. The van der Waals surface area contributed by atoms with E-state index in [0.717, 1.165) is 10.9 Å². The quantitative estimate of drug-likeness (QED) is 0.624. The minimum Gasteiger partial charge on any atom is -0.506 e. The Balaban J connectivity index is 0.000000605. The van der Waals surface area contributed by atoms with E-state index in [2.05, 4.69) is 4.98 Å². The van der Waals surface area contributed by atoms with Crippen LogP contribution in [0, 0.1) is 0 Å². The first-order valence-corrected chi connectivity index (χ1v) is 3.13. The monoisotopic (exact) mass is 169 g/mol. The molecule has 2 N–H and O–H groups in total. The standard InChI is InChI=1S/C8H7NO.ClH/c10-8-5-9-7-4-2-1-3-6(7)8;/h1-5,9-10H;1H. The van der Waals surface area contributed by atoms with Crippen molar-refractivity contribution in [1.29, 1.82) is 0 Å². The van der Waals surface area contributed by atoms with Crippen LogP contribution in [-0.4, -0.2) is 10.1 Å². The van der Waals surface area contributed by atoms with Crippen molar-refractivity contribution in [2.45, 2.75) is 0 Å². The van der Waals surface area contributed by atoms with Crippen molar-refractivity contribution in [1.82, 2.24) is 4.98 Å². The first kappa shape index (κ1) is 7.95. The molecular formula is C8H8ClNO. The number of rotatable bonds is 0. The SMILES string of the molecule is Cl.Oc1c[nH]c2ccccc12. The maximum Gasteiger partial charge on any atom is 0.140 e. The summed E-state index contributed by atoms with van der Waals surface area (Å²) in [6.45, 7) is 0. The molecule has 0 radical (unpaired) electrons. The van der Waals surface area contributed by atoms with Crippen LogP contribution in [0.5, 0.6) is 5.75 Å². The molecule has 0 atom stereocenters. The third-order valence-electron chi connectivity index (χ3n) is 1.57. The molecule has 3 heteroatoms. The topological polar surface area (TPSA) is 36.0 Å². The number of aromatic amines is 1. The van der Waals surface area contributed by atoms with E-state index in [1.165, 1.54) is 0 Å². The zero-order valence-corrected chi connectivity index (χ0v) is 6.56. The Morgan fingerprint density at radius 2 is 1.91 bits per heavy atom. The average Bonchev–Trinajstić information content (AvgIpc) is 2.34. The summed E-state index contributed by atoms with van der Waals surface area (Å²) in [5.41, 5.74) is 0.972. The molecule has 2 aromatic rings. The molecule has 0 aliphatic carbocycles. The molecule has 1 aromatic heterocycles. The number of hydrogen-bond donors (Lipinski definition) is 2. The summed E-state index contributed by atoms with van der Waals surface area (Å²) >= 11 is 0. The van der Waals surface area contributed by atoms with Gasteiger partial charge in [-0.2, -0.15) is 0 Å². The Hall–Kier alpha value is -1.15. The summed E-state index contributed by atoms with van der Waals surface area (Å²) in [7, 11) is 0. The van der Waals surface area contributed by atoms with E-state index in [-0.39, 0.29) is 12.4 Å². The molecule has 0 amide bonds. The predicted octanol–water partition coefficient (Wildman–Crippen LogP) is 2.30. The lowest BCUT2D eigenvalue weighted by atomic mass is 10.2. The molecule has 0 aliphatic rings. The molecule has 2 rings (SSSR count). The summed E-state index contributed by atoms with van der Waals surface area (Å²) in [5.74, 6) is 0.315. The van der Waals surface area contributed by atoms with Gasteiger partial charge in [-0.05, 0) is 12.1 Å². The third-order valence-corrected chi connectivity index (χ3v) is 1.57. The summed E-state index contributed by atoms with van der Waals surface area (Å²) in [5, 5.41) is 10.1. The second kappa shape index (κ2) is 2.84. The largest absolute Gasteiger partial charge is 0.506 e. The van der Waals surface area contributed by atoms with E-state index in [9.17, 15) is 5.11 Å². The summed E-state index contributed by atoms with van der Waals surface area (Å²) < 4.78 is 0. The molecule has 0 spiro atoms. The van der Waals surface area contributed by atoms with Gasteiger partial charge in [0.2, 0.25) is 0 Å². The first-order chi connectivity index (χ1) is 4.88. The van der Waals surface area contributed by atoms with E-state index in [1.807, 2.05) is 24.3 Å². The van der Waals surface area contributed by atoms with Crippen molar-refractivity contribution >= 4 is 23.3 Å². The highest BCUT2D eigenvalue weighted by Gasteiger charge is 1.97. The Kier molecular flexibility index (Phi) is 2.06. The van der Waals surface area contributed by atoms with Crippen LogP contribution in [-0.2, 0) is 0 Å². The highest BCUT2D eigenvalue weighted by molar-refractivity contribution is 5.85. The van der Waals surface area contributed by atoms with Crippen molar-refractivity contribution in [3.63, 3.8) is 0 Å². The highest BCUT2D eigenvalue weighted by atomic mass is 35.5. The molecule has 0 aliphatic heterocycles. The normalized spacial score (nSPS) is 9.45.